The maximum Gasteiger partial charge on any atom is 0.442 e. The quantitative estimate of drug-likeness (QED) is 0.836. The fourth-order valence-electron chi connectivity index (χ4n) is 1.60. The molecule has 23 heavy (non-hydrogen) atoms. The highest BCUT2D eigenvalue weighted by Crippen LogP contribution is 2.30. The van der Waals surface area contributed by atoms with E-state index in [1.165, 1.54) is 24.3 Å². The van der Waals surface area contributed by atoms with E-state index in [4.69, 9.17) is 0 Å². The molecule has 0 fully saturated rings. The molecule has 10 heteroatoms. The molecular weight excluding hydrogens is 353 g/mol. The third-order valence-electron chi connectivity index (χ3n) is 2.26. The van der Waals surface area contributed by atoms with E-state index >= 15 is 0 Å². The van der Waals surface area contributed by atoms with Gasteiger partial charge in [0.15, 0.2) is 0 Å². The lowest BCUT2D eigenvalue weighted by molar-refractivity contribution is -0.114. The summed E-state index contributed by atoms with van der Waals surface area (Å²) in [4.78, 5) is 11.4. The van der Waals surface area contributed by atoms with Gasteiger partial charge in [-0.1, -0.05) is 12.1 Å². The van der Waals surface area contributed by atoms with Crippen LogP contribution in [0.15, 0.2) is 29.2 Å². The van der Waals surface area contributed by atoms with Gasteiger partial charge in [-0.3, -0.25) is 4.79 Å². The molecule has 1 aromatic rings. The number of halogens is 3. The molecule has 130 valence electrons. The molecule has 0 spiro atoms. The Hall–Kier alpha value is -1.26. The number of anilines is 1. The van der Waals surface area contributed by atoms with Gasteiger partial charge < -0.3 is 5.32 Å². The van der Waals surface area contributed by atoms with Crippen molar-refractivity contribution in [2.45, 2.75) is 36.7 Å². The Labute approximate surface area is 137 Å². The average Bonchev–Trinajstić information content (AvgIpc) is 2.33. The highest BCUT2D eigenvalue weighted by molar-refractivity contribution is 8.00. The predicted octanol–water partition coefficient (Wildman–Crippen LogP) is 2.95. The maximum atomic E-state index is 12.3. The van der Waals surface area contributed by atoms with Gasteiger partial charge in [0.05, 0.1) is 11.4 Å². The second-order valence-electron chi connectivity index (χ2n) is 5.63. The van der Waals surface area contributed by atoms with E-state index in [-0.39, 0.29) is 10.6 Å². The van der Waals surface area contributed by atoms with Gasteiger partial charge in [-0.05, 0) is 44.7 Å². The number of benzene rings is 1. The Morgan fingerprint density at radius 2 is 1.74 bits per heavy atom. The molecule has 0 saturated carbocycles. The zero-order chi connectivity index (χ0) is 17.9. The monoisotopic (exact) mass is 370 g/mol. The summed E-state index contributed by atoms with van der Waals surface area (Å²) in [6, 6.07) is 5.51. The van der Waals surface area contributed by atoms with E-state index in [1.54, 1.807) is 20.8 Å². The van der Waals surface area contributed by atoms with Gasteiger partial charge in [0.1, 0.15) is 4.90 Å². The summed E-state index contributed by atoms with van der Waals surface area (Å²) in [5.74, 6) is -1.80. The molecule has 0 atom stereocenters. The number of carbonyl (C=O) groups excluding carboxylic acids is 1. The second kappa shape index (κ2) is 7.10. The van der Waals surface area contributed by atoms with Crippen molar-refractivity contribution in [2.75, 3.05) is 11.1 Å². The highest BCUT2D eigenvalue weighted by atomic mass is 32.2. The van der Waals surface area contributed by atoms with E-state index in [0.717, 1.165) is 0 Å². The van der Waals surface area contributed by atoms with Crippen LogP contribution in [0.1, 0.15) is 20.8 Å². The number of rotatable bonds is 5. The predicted molar refractivity (Wildman–Crippen MR) is 83.7 cm³/mol. The lowest BCUT2D eigenvalue weighted by Crippen LogP contribution is -2.40. The molecule has 1 amide bonds. The number of hydrogen-bond acceptors (Lipinski definition) is 4. The number of amides is 1. The highest BCUT2D eigenvalue weighted by Gasteiger charge is 2.30. The summed E-state index contributed by atoms with van der Waals surface area (Å²) < 4.78 is 63.3. The molecule has 1 aromatic carbocycles. The summed E-state index contributed by atoms with van der Waals surface area (Å²) in [5.41, 5.74) is -5.35. The fourth-order valence-corrected chi connectivity index (χ4v) is 3.55. The van der Waals surface area contributed by atoms with Gasteiger partial charge >= 0.3 is 5.51 Å². The molecule has 0 aromatic heterocycles. The number of sulfonamides is 1. The van der Waals surface area contributed by atoms with Gasteiger partial charge in [-0.15, -0.1) is 0 Å². The van der Waals surface area contributed by atoms with Crippen molar-refractivity contribution in [3.05, 3.63) is 24.3 Å². The van der Waals surface area contributed by atoms with Crippen molar-refractivity contribution < 1.29 is 26.4 Å². The lowest BCUT2D eigenvalue weighted by Gasteiger charge is -2.21. The third-order valence-corrected chi connectivity index (χ3v) is 4.81. The molecule has 0 radical (unpaired) electrons. The summed E-state index contributed by atoms with van der Waals surface area (Å²) in [7, 11) is -3.93. The second-order valence-corrected chi connectivity index (χ2v) is 8.33. The fraction of sp³-hybridized carbons (Fsp3) is 0.462. The van der Waals surface area contributed by atoms with Crippen molar-refractivity contribution in [2.24, 2.45) is 0 Å². The Kier molecular flexibility index (Phi) is 6.11. The number of carbonyl (C=O) groups is 1. The van der Waals surface area contributed by atoms with Crippen molar-refractivity contribution >= 4 is 33.4 Å². The van der Waals surface area contributed by atoms with Crippen LogP contribution < -0.4 is 10.0 Å². The maximum absolute atomic E-state index is 12.3. The van der Waals surface area contributed by atoms with Gasteiger partial charge in [-0.25, -0.2) is 13.1 Å². The number of para-hydroxylation sites is 1. The minimum atomic E-state index is -4.53. The van der Waals surface area contributed by atoms with Crippen molar-refractivity contribution in [1.29, 1.82) is 0 Å². The van der Waals surface area contributed by atoms with Gasteiger partial charge in [0, 0.05) is 5.54 Å². The van der Waals surface area contributed by atoms with Crippen LogP contribution in [0, 0.1) is 0 Å². The first-order chi connectivity index (χ1) is 10.3. The molecule has 0 aliphatic heterocycles. The minimum absolute atomic E-state index is 0.0722. The Balaban J connectivity index is 2.96. The number of nitrogens with one attached hydrogen (secondary N) is 2. The molecular formula is C13H17F3N2O3S2. The van der Waals surface area contributed by atoms with E-state index in [2.05, 4.69) is 10.0 Å². The lowest BCUT2D eigenvalue weighted by atomic mass is 10.1. The summed E-state index contributed by atoms with van der Waals surface area (Å²) in [6.07, 6.45) is 0. The van der Waals surface area contributed by atoms with E-state index in [1.807, 2.05) is 0 Å². The number of hydrogen-bond donors (Lipinski definition) is 2. The third kappa shape index (κ3) is 7.23. The van der Waals surface area contributed by atoms with Crippen LogP contribution in [-0.4, -0.2) is 31.1 Å². The zero-order valence-electron chi connectivity index (χ0n) is 12.7. The van der Waals surface area contributed by atoms with Gasteiger partial charge in [0.25, 0.3) is 0 Å². The molecule has 0 aliphatic carbocycles. The largest absolute Gasteiger partial charge is 0.442 e. The minimum Gasteiger partial charge on any atom is -0.324 e. The van der Waals surface area contributed by atoms with Crippen LogP contribution in [-0.2, 0) is 14.8 Å². The Bertz CT molecular complexity index is 668. The normalized spacial score (nSPS) is 13.0. The molecule has 0 aliphatic rings. The van der Waals surface area contributed by atoms with Crippen LogP contribution >= 0.6 is 11.8 Å². The standard InChI is InChI=1S/C13H17F3N2O3S2/c1-12(2,3)18-23(20,21)10-7-5-4-6-9(10)17-11(19)8-22-13(14,15)16/h4-7,18H,8H2,1-3H3,(H,17,19). The van der Waals surface area contributed by atoms with Crippen LogP contribution in [0.25, 0.3) is 0 Å². The molecule has 1 rings (SSSR count). The number of thioether (sulfide) groups is 1. The Morgan fingerprint density at radius 3 is 2.26 bits per heavy atom. The summed E-state index contributed by atoms with van der Waals surface area (Å²) in [6.45, 7) is 4.93. The summed E-state index contributed by atoms with van der Waals surface area (Å²) >= 11 is -0.493. The molecule has 2 N–H and O–H groups in total. The van der Waals surface area contributed by atoms with Crippen LogP contribution in [0.3, 0.4) is 0 Å². The van der Waals surface area contributed by atoms with Gasteiger partial charge in [0.2, 0.25) is 15.9 Å². The Morgan fingerprint density at radius 1 is 1.17 bits per heavy atom. The topological polar surface area (TPSA) is 75.3 Å². The van der Waals surface area contributed by atoms with Crippen LogP contribution in [0.4, 0.5) is 18.9 Å². The van der Waals surface area contributed by atoms with E-state index < -0.39 is 44.5 Å². The van der Waals surface area contributed by atoms with Crippen LogP contribution in [0.5, 0.6) is 0 Å². The zero-order valence-corrected chi connectivity index (χ0v) is 14.3. The molecule has 0 saturated heterocycles. The van der Waals surface area contributed by atoms with Crippen LogP contribution in [0.2, 0.25) is 0 Å². The molecule has 0 unspecified atom stereocenters. The first-order valence-electron chi connectivity index (χ1n) is 6.44. The summed E-state index contributed by atoms with van der Waals surface area (Å²) in [5, 5.41) is 2.20. The first-order valence-corrected chi connectivity index (χ1v) is 8.91. The first kappa shape index (κ1) is 19.8. The average molecular weight is 370 g/mol. The van der Waals surface area contributed by atoms with Crippen molar-refractivity contribution in [3.63, 3.8) is 0 Å². The SMILES string of the molecule is CC(C)(C)NS(=O)(=O)c1ccccc1NC(=O)CSC(F)(F)F. The van der Waals surface area contributed by atoms with E-state index in [0.29, 0.717) is 0 Å². The molecule has 0 heterocycles. The van der Waals surface area contributed by atoms with E-state index in [9.17, 15) is 26.4 Å². The molecule has 5 nitrogen and oxygen atoms in total. The smallest absolute Gasteiger partial charge is 0.324 e. The van der Waals surface area contributed by atoms with Crippen molar-refractivity contribution in [1.82, 2.24) is 4.72 Å². The molecule has 0 bridgehead atoms. The van der Waals surface area contributed by atoms with Gasteiger partial charge in [-0.2, -0.15) is 13.2 Å². The number of alkyl halides is 3. The van der Waals surface area contributed by atoms with Crippen molar-refractivity contribution in [3.8, 4) is 0 Å².